The summed E-state index contributed by atoms with van der Waals surface area (Å²) in [6.45, 7) is 9.50. The molecule has 4 rings (SSSR count). The lowest BCUT2D eigenvalue weighted by Gasteiger charge is -2.37. The lowest BCUT2D eigenvalue weighted by atomic mass is 10.0. The van der Waals surface area contributed by atoms with Crippen LogP contribution >= 0.6 is 0 Å². The van der Waals surface area contributed by atoms with Gasteiger partial charge in [0.05, 0.1) is 18.4 Å². The van der Waals surface area contributed by atoms with Crippen molar-refractivity contribution >= 4 is 11.8 Å². The molecule has 1 aromatic heterocycles. The van der Waals surface area contributed by atoms with Crippen molar-refractivity contribution < 1.29 is 14.0 Å². The van der Waals surface area contributed by atoms with Crippen molar-refractivity contribution in [3.63, 3.8) is 0 Å². The number of imidazole rings is 1. The highest BCUT2D eigenvalue weighted by atomic mass is 19.1. The zero-order valence-electron chi connectivity index (χ0n) is 22.1. The Bertz CT molecular complexity index is 1110. The molecule has 1 saturated heterocycles. The summed E-state index contributed by atoms with van der Waals surface area (Å²) < 4.78 is 14.5. The first kappa shape index (κ1) is 26.9. The first-order chi connectivity index (χ1) is 17.8. The molecule has 0 unspecified atom stereocenters. The van der Waals surface area contributed by atoms with Crippen LogP contribution in [0.4, 0.5) is 4.39 Å². The highest BCUT2D eigenvalue weighted by Crippen LogP contribution is 2.33. The van der Waals surface area contributed by atoms with Crippen molar-refractivity contribution in [2.24, 2.45) is 5.92 Å². The van der Waals surface area contributed by atoms with Crippen LogP contribution in [0.5, 0.6) is 0 Å². The number of hydrogen-bond acceptors (Lipinski definition) is 4. The Balaban J connectivity index is 1.38. The monoisotopic (exact) mass is 509 g/mol. The number of hydrogen-bond donors (Lipinski definition) is 3. The van der Waals surface area contributed by atoms with E-state index < -0.39 is 6.04 Å². The number of aryl methyl sites for hydroxylation is 1. The van der Waals surface area contributed by atoms with Gasteiger partial charge in [-0.25, -0.2) is 9.37 Å². The fourth-order valence-electron chi connectivity index (χ4n) is 5.02. The van der Waals surface area contributed by atoms with E-state index in [1.807, 2.05) is 13.0 Å². The topological polar surface area (TPSA) is 90.1 Å². The maximum absolute atomic E-state index is 14.5. The molecule has 200 valence electrons. The molecule has 2 heterocycles. The molecule has 1 aliphatic heterocycles. The molecule has 0 bridgehead atoms. The van der Waals surface area contributed by atoms with Crippen molar-refractivity contribution in [3.05, 3.63) is 53.9 Å². The van der Waals surface area contributed by atoms with Gasteiger partial charge >= 0.3 is 0 Å². The number of halogens is 1. The predicted octanol–water partition coefficient (Wildman–Crippen LogP) is 4.85. The van der Waals surface area contributed by atoms with Gasteiger partial charge in [0, 0.05) is 36.7 Å². The van der Waals surface area contributed by atoms with Crippen molar-refractivity contribution in [2.45, 2.75) is 90.3 Å². The molecule has 0 radical (unpaired) electrons. The van der Waals surface area contributed by atoms with Gasteiger partial charge in [-0.2, -0.15) is 0 Å². The highest BCUT2D eigenvalue weighted by molar-refractivity contribution is 5.87. The normalized spacial score (nSPS) is 18.4. The molecule has 2 fully saturated rings. The Morgan fingerprint density at radius 2 is 2.08 bits per heavy atom. The number of carbonyl (C=O) groups is 2. The third-order valence-corrected chi connectivity index (χ3v) is 7.57. The number of likely N-dealkylation sites (tertiary alicyclic amines) is 1. The number of nitrogens with zero attached hydrogens (tertiary/aromatic N) is 2. The number of H-pyrrole nitrogens is 1. The van der Waals surface area contributed by atoms with Crippen LogP contribution < -0.4 is 10.6 Å². The Morgan fingerprint density at radius 3 is 2.78 bits per heavy atom. The first-order valence-corrected chi connectivity index (χ1v) is 13.7. The third kappa shape index (κ3) is 7.43. The van der Waals surface area contributed by atoms with Gasteiger partial charge in [0.2, 0.25) is 11.8 Å². The van der Waals surface area contributed by atoms with Gasteiger partial charge < -0.3 is 20.5 Å². The maximum Gasteiger partial charge on any atom is 0.243 e. The van der Waals surface area contributed by atoms with Crippen molar-refractivity contribution in [1.82, 2.24) is 25.5 Å². The number of benzene rings is 1. The fourth-order valence-corrected chi connectivity index (χ4v) is 5.02. The average molecular weight is 510 g/mol. The number of aromatic nitrogens is 2. The average Bonchev–Trinajstić information content (AvgIpc) is 3.61. The second-order valence-electron chi connectivity index (χ2n) is 10.5. The quantitative estimate of drug-likeness (QED) is 0.382. The molecule has 1 saturated carbocycles. The summed E-state index contributed by atoms with van der Waals surface area (Å²) >= 11 is 0. The van der Waals surface area contributed by atoms with Gasteiger partial charge in [-0.05, 0) is 62.6 Å². The summed E-state index contributed by atoms with van der Waals surface area (Å²) in [6.07, 6.45) is 9.80. The van der Waals surface area contributed by atoms with E-state index in [1.165, 1.54) is 25.3 Å². The second-order valence-corrected chi connectivity index (χ2v) is 10.5. The lowest BCUT2D eigenvalue weighted by molar-refractivity contribution is -0.129. The lowest BCUT2D eigenvalue weighted by Crippen LogP contribution is -2.48. The van der Waals surface area contributed by atoms with Gasteiger partial charge in [-0.15, -0.1) is 0 Å². The minimum atomic E-state index is -0.707. The molecule has 2 aliphatic rings. The first-order valence-electron chi connectivity index (χ1n) is 13.7. The van der Waals surface area contributed by atoms with Crippen molar-refractivity contribution in [1.29, 1.82) is 0 Å². The number of nitrogens with one attached hydrogen (secondary N) is 3. The van der Waals surface area contributed by atoms with E-state index in [0.717, 1.165) is 43.5 Å². The van der Waals surface area contributed by atoms with E-state index in [4.69, 9.17) is 0 Å². The Hall–Kier alpha value is -3.16. The SMILES string of the molecule is C=C(C[C@H](NC(=O)CCC1CC1)C(=O)NCc1ncc(-c2ccc(CC)cc2F)[nH]1)N1CCCC[C@@H]1C. The Labute approximate surface area is 219 Å². The number of piperidine rings is 1. The highest BCUT2D eigenvalue weighted by Gasteiger charge is 2.28. The number of carbonyl (C=O) groups excluding carboxylic acids is 2. The fraction of sp³-hybridized carbons (Fsp3) is 0.552. The van der Waals surface area contributed by atoms with Crippen LogP contribution in [0.3, 0.4) is 0 Å². The number of amides is 2. The van der Waals surface area contributed by atoms with E-state index in [-0.39, 0.29) is 24.2 Å². The Morgan fingerprint density at radius 1 is 1.27 bits per heavy atom. The van der Waals surface area contributed by atoms with Crippen LogP contribution in [-0.2, 0) is 22.6 Å². The molecule has 8 heteroatoms. The smallest absolute Gasteiger partial charge is 0.243 e. The molecule has 2 atom stereocenters. The maximum atomic E-state index is 14.5. The van der Waals surface area contributed by atoms with Gasteiger partial charge in [-0.1, -0.05) is 32.4 Å². The summed E-state index contributed by atoms with van der Waals surface area (Å²) in [7, 11) is 0. The zero-order chi connectivity index (χ0) is 26.4. The molecular weight excluding hydrogens is 469 g/mol. The minimum absolute atomic E-state index is 0.0992. The van der Waals surface area contributed by atoms with Gasteiger partial charge in [0.1, 0.15) is 17.7 Å². The molecule has 3 N–H and O–H groups in total. The molecule has 7 nitrogen and oxygen atoms in total. The Kier molecular flexibility index (Phi) is 9.00. The molecule has 1 aliphatic carbocycles. The van der Waals surface area contributed by atoms with Crippen LogP contribution in [0, 0.1) is 11.7 Å². The molecule has 2 aromatic rings. The van der Waals surface area contributed by atoms with Gasteiger partial charge in [-0.3, -0.25) is 9.59 Å². The minimum Gasteiger partial charge on any atom is -0.373 e. The van der Waals surface area contributed by atoms with Crippen LogP contribution in [0.1, 0.15) is 76.6 Å². The third-order valence-electron chi connectivity index (χ3n) is 7.57. The predicted molar refractivity (Wildman–Crippen MR) is 143 cm³/mol. The molecule has 1 aromatic carbocycles. The summed E-state index contributed by atoms with van der Waals surface area (Å²) in [5.74, 6) is 0.487. The van der Waals surface area contributed by atoms with Gasteiger partial charge in [0.25, 0.3) is 0 Å². The van der Waals surface area contributed by atoms with Crippen LogP contribution in [-0.4, -0.2) is 45.3 Å². The van der Waals surface area contributed by atoms with Crippen molar-refractivity contribution in [2.75, 3.05) is 6.54 Å². The number of rotatable bonds is 12. The summed E-state index contributed by atoms with van der Waals surface area (Å²) in [5.41, 5.74) is 2.80. The zero-order valence-corrected chi connectivity index (χ0v) is 22.1. The standard InChI is InChI=1S/C29H40FN5O2/c1-4-21-10-12-23(24(30)16-21)26-17-31-27(33-26)18-32-29(37)25(34-28(36)13-11-22-8-9-22)15-20(3)35-14-6-5-7-19(35)2/h10,12,16-17,19,22,25H,3-9,11,13-15,18H2,1-2H3,(H,31,33)(H,32,37)(H,34,36)/t19-,25-/m0/s1. The van der Waals surface area contributed by atoms with E-state index in [2.05, 4.69) is 39.0 Å². The van der Waals surface area contributed by atoms with Crippen LogP contribution in [0.15, 0.2) is 36.7 Å². The number of aromatic amines is 1. The molecular formula is C29H40FN5O2. The largest absolute Gasteiger partial charge is 0.373 e. The van der Waals surface area contributed by atoms with Crippen LogP contribution in [0.25, 0.3) is 11.3 Å². The molecule has 2 amide bonds. The van der Waals surface area contributed by atoms with Crippen molar-refractivity contribution in [3.8, 4) is 11.3 Å². The van der Waals surface area contributed by atoms with E-state index in [1.54, 1.807) is 12.3 Å². The van der Waals surface area contributed by atoms with E-state index in [0.29, 0.717) is 41.9 Å². The second kappa shape index (κ2) is 12.4. The summed E-state index contributed by atoms with van der Waals surface area (Å²) in [6, 6.07) is 4.84. The van der Waals surface area contributed by atoms with Gasteiger partial charge in [0.15, 0.2) is 0 Å². The summed E-state index contributed by atoms with van der Waals surface area (Å²) in [5, 5.41) is 5.85. The van der Waals surface area contributed by atoms with Crippen LogP contribution in [0.2, 0.25) is 0 Å². The summed E-state index contributed by atoms with van der Waals surface area (Å²) in [4.78, 5) is 35.5. The molecule has 37 heavy (non-hydrogen) atoms. The van der Waals surface area contributed by atoms with E-state index >= 15 is 0 Å². The molecule has 0 spiro atoms. The van der Waals surface area contributed by atoms with E-state index in [9.17, 15) is 14.0 Å².